The maximum atomic E-state index is 12.7. The molecule has 1 aromatic heterocycles. The van der Waals surface area contributed by atoms with Crippen molar-refractivity contribution in [2.24, 2.45) is 0 Å². The lowest BCUT2D eigenvalue weighted by atomic mass is 10.2. The highest BCUT2D eigenvalue weighted by atomic mass is 16.5. The van der Waals surface area contributed by atoms with Gasteiger partial charge in [-0.25, -0.2) is 4.98 Å². The van der Waals surface area contributed by atoms with Crippen LogP contribution in [0.4, 0.5) is 5.95 Å². The van der Waals surface area contributed by atoms with Crippen LogP contribution in [-0.4, -0.2) is 53.1 Å². The van der Waals surface area contributed by atoms with Crippen LogP contribution in [0.1, 0.15) is 13.3 Å². The molecule has 1 N–H and O–H groups in total. The summed E-state index contributed by atoms with van der Waals surface area (Å²) in [5, 5.41) is 2.86. The minimum Gasteiger partial charge on any atom is -0.383 e. The van der Waals surface area contributed by atoms with Crippen LogP contribution >= 0.6 is 0 Å². The van der Waals surface area contributed by atoms with Crippen molar-refractivity contribution in [3.63, 3.8) is 0 Å². The Morgan fingerprint density at radius 2 is 1.73 bits per heavy atom. The van der Waals surface area contributed by atoms with E-state index in [0.717, 1.165) is 16.9 Å². The maximum Gasteiger partial charge on any atom is 0.246 e. The van der Waals surface area contributed by atoms with Crippen molar-refractivity contribution in [3.05, 3.63) is 66.9 Å². The van der Waals surface area contributed by atoms with Gasteiger partial charge in [-0.2, -0.15) is 0 Å². The molecule has 0 saturated carbocycles. The lowest BCUT2D eigenvalue weighted by molar-refractivity contribution is -0.135. The molecule has 0 fully saturated rings. The predicted molar refractivity (Wildman–Crippen MR) is 116 cm³/mol. The van der Waals surface area contributed by atoms with Crippen molar-refractivity contribution in [1.82, 2.24) is 14.5 Å². The first-order chi connectivity index (χ1) is 14.6. The molecule has 3 aromatic rings. The number of ether oxygens (including phenoxy) is 1. The maximum absolute atomic E-state index is 12.7. The molecule has 0 aliphatic rings. The van der Waals surface area contributed by atoms with Crippen LogP contribution in [0.25, 0.3) is 16.9 Å². The van der Waals surface area contributed by atoms with Gasteiger partial charge in [0.1, 0.15) is 6.54 Å². The van der Waals surface area contributed by atoms with Crippen LogP contribution in [0.2, 0.25) is 0 Å². The van der Waals surface area contributed by atoms with E-state index in [-0.39, 0.29) is 18.4 Å². The Morgan fingerprint density at radius 1 is 1.07 bits per heavy atom. The zero-order valence-electron chi connectivity index (χ0n) is 17.2. The number of benzene rings is 2. The van der Waals surface area contributed by atoms with E-state index in [1.165, 1.54) is 4.90 Å². The number of carbonyl (C=O) groups is 2. The summed E-state index contributed by atoms with van der Waals surface area (Å²) in [6, 6.07) is 19.4. The highest BCUT2D eigenvalue weighted by molar-refractivity contribution is 5.93. The van der Waals surface area contributed by atoms with E-state index in [0.29, 0.717) is 25.5 Å². The second-order valence-corrected chi connectivity index (χ2v) is 6.73. The molecule has 30 heavy (non-hydrogen) atoms. The Kier molecular flexibility index (Phi) is 7.34. The second kappa shape index (κ2) is 10.4. The van der Waals surface area contributed by atoms with Gasteiger partial charge in [0.15, 0.2) is 0 Å². The first kappa shape index (κ1) is 21.3. The van der Waals surface area contributed by atoms with Gasteiger partial charge < -0.3 is 9.64 Å². The molecule has 0 aliphatic heterocycles. The molecule has 0 atom stereocenters. The van der Waals surface area contributed by atoms with Crippen LogP contribution in [-0.2, 0) is 14.3 Å². The molecule has 156 valence electrons. The van der Waals surface area contributed by atoms with Gasteiger partial charge in [0.05, 0.1) is 12.3 Å². The molecule has 0 radical (unpaired) electrons. The highest BCUT2D eigenvalue weighted by Crippen LogP contribution is 2.24. The number of hydrogen-bond acceptors (Lipinski definition) is 4. The number of nitrogens with one attached hydrogen (secondary N) is 1. The monoisotopic (exact) mass is 406 g/mol. The smallest absolute Gasteiger partial charge is 0.246 e. The molecule has 0 aliphatic carbocycles. The fourth-order valence-corrected chi connectivity index (χ4v) is 3.06. The SMILES string of the molecule is CCC(=O)N(CCOC)CC(=O)Nc1nc(-c2ccccc2)cn1-c1ccccc1. The Balaban J connectivity index is 1.85. The Hall–Kier alpha value is -3.45. The van der Waals surface area contributed by atoms with Crippen LogP contribution in [0.5, 0.6) is 0 Å². The van der Waals surface area contributed by atoms with Crippen molar-refractivity contribution in [2.45, 2.75) is 13.3 Å². The van der Waals surface area contributed by atoms with Crippen molar-refractivity contribution >= 4 is 17.8 Å². The van der Waals surface area contributed by atoms with Gasteiger partial charge in [-0.05, 0) is 12.1 Å². The molecule has 7 nitrogen and oxygen atoms in total. The number of aromatic nitrogens is 2. The molecular weight excluding hydrogens is 380 g/mol. The Morgan fingerprint density at radius 3 is 2.37 bits per heavy atom. The summed E-state index contributed by atoms with van der Waals surface area (Å²) in [5.74, 6) is -0.00503. The number of rotatable bonds is 9. The van der Waals surface area contributed by atoms with Gasteiger partial charge in [0.2, 0.25) is 17.8 Å². The predicted octanol–water partition coefficient (Wildman–Crippen LogP) is 3.36. The summed E-state index contributed by atoms with van der Waals surface area (Å²) in [6.45, 7) is 2.45. The van der Waals surface area contributed by atoms with E-state index in [9.17, 15) is 9.59 Å². The average Bonchev–Trinajstić information content (AvgIpc) is 3.21. The van der Waals surface area contributed by atoms with Crippen molar-refractivity contribution in [1.29, 1.82) is 0 Å². The number of anilines is 1. The van der Waals surface area contributed by atoms with Crippen molar-refractivity contribution in [2.75, 3.05) is 32.1 Å². The zero-order valence-corrected chi connectivity index (χ0v) is 17.2. The van der Waals surface area contributed by atoms with E-state index in [4.69, 9.17) is 4.74 Å². The first-order valence-corrected chi connectivity index (χ1v) is 9.89. The van der Waals surface area contributed by atoms with Crippen LogP contribution < -0.4 is 5.32 Å². The molecule has 7 heteroatoms. The number of para-hydroxylation sites is 1. The molecule has 0 spiro atoms. The van der Waals surface area contributed by atoms with Crippen LogP contribution in [0, 0.1) is 0 Å². The largest absolute Gasteiger partial charge is 0.383 e. The Bertz CT molecular complexity index is 971. The van der Waals surface area contributed by atoms with Gasteiger partial charge >= 0.3 is 0 Å². The molecule has 0 saturated heterocycles. The summed E-state index contributed by atoms with van der Waals surface area (Å²) in [4.78, 5) is 31.0. The summed E-state index contributed by atoms with van der Waals surface area (Å²) in [5.41, 5.74) is 2.57. The van der Waals surface area contributed by atoms with Crippen molar-refractivity contribution < 1.29 is 14.3 Å². The molecule has 2 amide bonds. The van der Waals surface area contributed by atoms with Gasteiger partial charge in [-0.3, -0.25) is 19.5 Å². The fraction of sp³-hybridized carbons (Fsp3) is 0.261. The highest BCUT2D eigenvalue weighted by Gasteiger charge is 2.18. The third kappa shape index (κ3) is 5.33. The number of amides is 2. The number of methoxy groups -OCH3 is 1. The minimum absolute atomic E-state index is 0.0572. The van der Waals surface area contributed by atoms with Gasteiger partial charge in [-0.15, -0.1) is 0 Å². The lowest BCUT2D eigenvalue weighted by Gasteiger charge is -2.21. The van der Waals surface area contributed by atoms with Gasteiger partial charge in [0, 0.05) is 37.5 Å². The normalized spacial score (nSPS) is 10.6. The molecule has 0 unspecified atom stereocenters. The average molecular weight is 406 g/mol. The third-order valence-electron chi connectivity index (χ3n) is 4.62. The van der Waals surface area contributed by atoms with Crippen LogP contribution in [0.3, 0.4) is 0 Å². The minimum atomic E-state index is -0.310. The molecule has 2 aromatic carbocycles. The number of imidazole rings is 1. The Labute approximate surface area is 176 Å². The topological polar surface area (TPSA) is 76.5 Å². The zero-order chi connectivity index (χ0) is 21.3. The summed E-state index contributed by atoms with van der Waals surface area (Å²) >= 11 is 0. The number of hydrogen-bond donors (Lipinski definition) is 1. The van der Waals surface area contributed by atoms with Gasteiger partial charge in [0.25, 0.3) is 0 Å². The molecule has 0 bridgehead atoms. The quantitative estimate of drug-likeness (QED) is 0.591. The van der Waals surface area contributed by atoms with Gasteiger partial charge in [-0.1, -0.05) is 55.5 Å². The number of nitrogens with zero attached hydrogens (tertiary/aromatic N) is 3. The molecule has 3 rings (SSSR count). The molecular formula is C23H26N4O3. The fourth-order valence-electron chi connectivity index (χ4n) is 3.06. The van der Waals surface area contributed by atoms with Crippen LogP contribution in [0.15, 0.2) is 66.9 Å². The van der Waals surface area contributed by atoms with E-state index in [1.54, 1.807) is 14.0 Å². The lowest BCUT2D eigenvalue weighted by Crippen LogP contribution is -2.39. The summed E-state index contributed by atoms with van der Waals surface area (Å²) < 4.78 is 6.89. The first-order valence-electron chi connectivity index (χ1n) is 9.89. The van der Waals surface area contributed by atoms with E-state index in [2.05, 4.69) is 10.3 Å². The number of carbonyl (C=O) groups excluding carboxylic acids is 2. The third-order valence-corrected chi connectivity index (χ3v) is 4.62. The van der Waals surface area contributed by atoms with Crippen molar-refractivity contribution in [3.8, 4) is 16.9 Å². The molecule has 1 heterocycles. The standard InChI is InChI=1S/C23H26N4O3/c1-3-22(29)26(14-15-30-2)17-21(28)25-23-24-20(18-10-6-4-7-11-18)16-27(23)19-12-8-5-9-13-19/h4-13,16H,3,14-15,17H2,1-2H3,(H,24,25,28). The second-order valence-electron chi connectivity index (χ2n) is 6.73. The van der Waals surface area contributed by atoms with E-state index >= 15 is 0 Å². The summed E-state index contributed by atoms with van der Waals surface area (Å²) in [6.07, 6.45) is 2.22. The summed E-state index contributed by atoms with van der Waals surface area (Å²) in [7, 11) is 1.57. The van der Waals surface area contributed by atoms with E-state index in [1.807, 2.05) is 71.4 Å². The van der Waals surface area contributed by atoms with E-state index < -0.39 is 0 Å².